The number of rotatable bonds is 11. The molecule has 0 aromatic carbocycles. The molecule has 1 atom stereocenters. The third-order valence-corrected chi connectivity index (χ3v) is 4.31. The van der Waals surface area contributed by atoms with Gasteiger partial charge in [0.2, 0.25) is 0 Å². The van der Waals surface area contributed by atoms with Crippen molar-refractivity contribution < 1.29 is 14.6 Å². The number of ether oxygens (including phenoxy) is 2. The third kappa shape index (κ3) is 7.06. The van der Waals surface area contributed by atoms with Crippen LogP contribution in [0.2, 0.25) is 0 Å². The Bertz CT molecular complexity index is 266. The highest BCUT2D eigenvalue weighted by atomic mass is 16.5. The van der Waals surface area contributed by atoms with Gasteiger partial charge in [-0.15, -0.1) is 0 Å². The van der Waals surface area contributed by atoms with E-state index in [4.69, 9.17) is 9.47 Å². The minimum absolute atomic E-state index is 0.230. The molecule has 0 amide bonds. The molecule has 0 bridgehead atoms. The Kier molecular flexibility index (Phi) is 8.74. The average Bonchev–Trinajstić information content (AvgIpc) is 2.88. The van der Waals surface area contributed by atoms with Crippen LogP contribution in [-0.4, -0.2) is 74.8 Å². The van der Waals surface area contributed by atoms with E-state index in [-0.39, 0.29) is 11.6 Å². The van der Waals surface area contributed by atoms with Crippen LogP contribution in [0.3, 0.4) is 0 Å². The predicted octanol–water partition coefficient (Wildman–Crippen LogP) is 1.25. The zero-order chi connectivity index (χ0) is 15.7. The van der Waals surface area contributed by atoms with Crippen molar-refractivity contribution in [1.29, 1.82) is 0 Å². The first-order valence-corrected chi connectivity index (χ1v) is 8.22. The second-order valence-corrected chi connectivity index (χ2v) is 6.61. The normalized spacial score (nSPS) is 19.6. The molecule has 0 aromatic heterocycles. The lowest BCUT2D eigenvalue weighted by Gasteiger charge is -2.37. The van der Waals surface area contributed by atoms with Gasteiger partial charge in [0, 0.05) is 18.6 Å². The molecule has 21 heavy (non-hydrogen) atoms. The highest BCUT2D eigenvalue weighted by molar-refractivity contribution is 4.94. The minimum atomic E-state index is -0.454. The Morgan fingerprint density at radius 2 is 1.86 bits per heavy atom. The molecule has 0 aromatic rings. The van der Waals surface area contributed by atoms with Crippen molar-refractivity contribution in [2.24, 2.45) is 0 Å². The summed E-state index contributed by atoms with van der Waals surface area (Å²) in [5.74, 6) is 0. The highest BCUT2D eigenvalue weighted by Crippen LogP contribution is 2.32. The van der Waals surface area contributed by atoms with Crippen molar-refractivity contribution in [1.82, 2.24) is 10.2 Å². The molecule has 1 aliphatic rings. The molecule has 1 unspecified atom stereocenters. The number of hydrogen-bond donors (Lipinski definition) is 2. The van der Waals surface area contributed by atoms with Crippen molar-refractivity contribution in [3.63, 3.8) is 0 Å². The maximum atomic E-state index is 9.91. The number of likely N-dealkylation sites (N-methyl/N-ethyl adjacent to an activating group) is 1. The van der Waals surface area contributed by atoms with Crippen LogP contribution in [0, 0.1) is 0 Å². The van der Waals surface area contributed by atoms with E-state index in [0.29, 0.717) is 26.4 Å². The zero-order valence-corrected chi connectivity index (χ0v) is 14.2. The molecule has 0 heterocycles. The molecule has 5 heteroatoms. The largest absolute Gasteiger partial charge is 0.389 e. The van der Waals surface area contributed by atoms with Crippen molar-refractivity contribution in [2.75, 3.05) is 47.0 Å². The molecular formula is C16H34N2O3. The van der Waals surface area contributed by atoms with Gasteiger partial charge in [-0.3, -0.25) is 0 Å². The molecule has 1 rings (SSSR count). The monoisotopic (exact) mass is 302 g/mol. The smallest absolute Gasteiger partial charge is 0.0897 e. The van der Waals surface area contributed by atoms with Crippen LogP contribution >= 0.6 is 0 Å². The number of hydrogen-bond acceptors (Lipinski definition) is 5. The van der Waals surface area contributed by atoms with Gasteiger partial charge in [0.15, 0.2) is 0 Å². The second-order valence-electron chi connectivity index (χ2n) is 6.61. The second kappa shape index (κ2) is 9.74. The van der Waals surface area contributed by atoms with Crippen LogP contribution in [0.5, 0.6) is 0 Å². The highest BCUT2D eigenvalue weighted by Gasteiger charge is 2.35. The van der Waals surface area contributed by atoms with Gasteiger partial charge in [0.25, 0.3) is 0 Å². The molecule has 0 saturated heterocycles. The minimum Gasteiger partial charge on any atom is -0.389 e. The topological polar surface area (TPSA) is 54.0 Å². The first-order chi connectivity index (χ1) is 9.96. The first-order valence-electron chi connectivity index (χ1n) is 8.22. The lowest BCUT2D eigenvalue weighted by Crippen LogP contribution is -2.50. The predicted molar refractivity (Wildman–Crippen MR) is 85.7 cm³/mol. The van der Waals surface area contributed by atoms with Gasteiger partial charge in [-0.05, 0) is 40.8 Å². The first kappa shape index (κ1) is 18.8. The molecule has 1 aliphatic carbocycles. The summed E-state index contributed by atoms with van der Waals surface area (Å²) in [6.45, 7) is 7.01. The summed E-state index contributed by atoms with van der Waals surface area (Å²) in [6.07, 6.45) is 4.87. The van der Waals surface area contributed by atoms with Crippen LogP contribution in [0.1, 0.15) is 39.5 Å². The van der Waals surface area contributed by atoms with Crippen molar-refractivity contribution in [3.8, 4) is 0 Å². The molecule has 0 aliphatic heterocycles. The van der Waals surface area contributed by atoms with Crippen molar-refractivity contribution in [3.05, 3.63) is 0 Å². The molecular weight excluding hydrogens is 268 g/mol. The van der Waals surface area contributed by atoms with Crippen LogP contribution in [-0.2, 0) is 9.47 Å². The van der Waals surface area contributed by atoms with Crippen molar-refractivity contribution in [2.45, 2.75) is 57.3 Å². The summed E-state index contributed by atoms with van der Waals surface area (Å²) in [5.41, 5.74) is 0.270. The van der Waals surface area contributed by atoms with E-state index in [1.54, 1.807) is 0 Å². The average molecular weight is 302 g/mol. The fourth-order valence-corrected chi connectivity index (χ4v) is 2.91. The van der Waals surface area contributed by atoms with Crippen LogP contribution in [0.15, 0.2) is 0 Å². The van der Waals surface area contributed by atoms with Gasteiger partial charge >= 0.3 is 0 Å². The summed E-state index contributed by atoms with van der Waals surface area (Å²) >= 11 is 0. The number of nitrogens with one attached hydrogen (secondary N) is 1. The Balaban J connectivity index is 2.08. The summed E-state index contributed by atoms with van der Waals surface area (Å²) in [7, 11) is 4.31. The van der Waals surface area contributed by atoms with Gasteiger partial charge in [0.1, 0.15) is 0 Å². The fourth-order valence-electron chi connectivity index (χ4n) is 2.91. The Labute approximate surface area is 130 Å². The molecule has 1 fully saturated rings. The maximum absolute atomic E-state index is 9.91. The van der Waals surface area contributed by atoms with E-state index in [9.17, 15) is 5.11 Å². The van der Waals surface area contributed by atoms with E-state index < -0.39 is 6.10 Å². The Morgan fingerprint density at radius 1 is 1.19 bits per heavy atom. The SMILES string of the molecule is CC(C)OCCOCC(O)CNCC1(N(C)C)CCCC1. The zero-order valence-electron chi connectivity index (χ0n) is 14.2. The Morgan fingerprint density at radius 3 is 2.43 bits per heavy atom. The van der Waals surface area contributed by atoms with Gasteiger partial charge in [0.05, 0.1) is 32.0 Å². The van der Waals surface area contributed by atoms with Crippen LogP contribution < -0.4 is 5.32 Å². The molecule has 0 radical (unpaired) electrons. The van der Waals surface area contributed by atoms with Gasteiger partial charge in [-0.1, -0.05) is 12.8 Å². The molecule has 0 spiro atoms. The molecule has 126 valence electrons. The van der Waals surface area contributed by atoms with Crippen molar-refractivity contribution >= 4 is 0 Å². The lowest BCUT2D eigenvalue weighted by molar-refractivity contribution is -0.0106. The van der Waals surface area contributed by atoms with Gasteiger partial charge in [-0.25, -0.2) is 0 Å². The van der Waals surface area contributed by atoms with Gasteiger partial charge in [-0.2, -0.15) is 0 Å². The van der Waals surface area contributed by atoms with E-state index >= 15 is 0 Å². The third-order valence-electron chi connectivity index (χ3n) is 4.31. The van der Waals surface area contributed by atoms with E-state index in [1.807, 2.05) is 13.8 Å². The van der Waals surface area contributed by atoms with E-state index in [2.05, 4.69) is 24.3 Å². The standard InChI is InChI=1S/C16H34N2O3/c1-14(2)21-10-9-20-12-15(19)11-17-13-16(18(3)4)7-5-6-8-16/h14-15,17,19H,5-13H2,1-4H3. The fraction of sp³-hybridized carbons (Fsp3) is 1.00. The maximum Gasteiger partial charge on any atom is 0.0897 e. The molecule has 1 saturated carbocycles. The van der Waals surface area contributed by atoms with E-state index in [0.717, 1.165) is 6.54 Å². The van der Waals surface area contributed by atoms with E-state index in [1.165, 1.54) is 25.7 Å². The van der Waals surface area contributed by atoms with Crippen LogP contribution in [0.25, 0.3) is 0 Å². The number of aliphatic hydroxyl groups is 1. The summed E-state index contributed by atoms with van der Waals surface area (Å²) < 4.78 is 10.8. The quantitative estimate of drug-likeness (QED) is 0.563. The molecule has 2 N–H and O–H groups in total. The van der Waals surface area contributed by atoms with Crippen LogP contribution in [0.4, 0.5) is 0 Å². The Hall–Kier alpha value is -0.200. The molecule has 5 nitrogen and oxygen atoms in total. The summed E-state index contributed by atoms with van der Waals surface area (Å²) in [5, 5.41) is 13.3. The number of aliphatic hydroxyl groups excluding tert-OH is 1. The summed E-state index contributed by atoms with van der Waals surface area (Å²) in [4.78, 5) is 2.33. The summed E-state index contributed by atoms with van der Waals surface area (Å²) in [6, 6.07) is 0. The number of nitrogens with zero attached hydrogens (tertiary/aromatic N) is 1. The van der Waals surface area contributed by atoms with Gasteiger partial charge < -0.3 is 24.8 Å². The lowest BCUT2D eigenvalue weighted by atomic mass is 9.96.